The number of rotatable bonds is 3. The molecule has 96 valence electrons. The second-order valence-corrected chi connectivity index (χ2v) is 6.65. The molecule has 0 aromatic rings. The van der Waals surface area contributed by atoms with Gasteiger partial charge in [-0.25, -0.2) is 0 Å². The molecule has 0 radical (unpaired) electrons. The molecule has 0 saturated heterocycles. The van der Waals surface area contributed by atoms with Crippen LogP contribution in [0.15, 0.2) is 12.2 Å². The highest BCUT2D eigenvalue weighted by Gasteiger charge is 2.39. The van der Waals surface area contributed by atoms with E-state index in [1.54, 1.807) is 11.8 Å². The van der Waals surface area contributed by atoms with Crippen molar-refractivity contribution in [3.63, 3.8) is 0 Å². The molecule has 4 atom stereocenters. The molecule has 0 spiro atoms. The van der Waals surface area contributed by atoms with Crippen LogP contribution < -0.4 is 0 Å². The van der Waals surface area contributed by atoms with Crippen molar-refractivity contribution in [2.45, 2.75) is 46.0 Å². The van der Waals surface area contributed by atoms with Gasteiger partial charge in [0.25, 0.3) is 0 Å². The molecule has 0 bridgehead atoms. The van der Waals surface area contributed by atoms with Gasteiger partial charge in [-0.2, -0.15) is 0 Å². The standard InChI is InChI=1S/C15H24OS/c1-3-10-17-15(16)14-11(2)8-9-12-6-4-5-7-13(12)14/h8-9,11-14H,3-7,10H2,1-2H3/t11-,12+,13-,14-/m1/s1. The Labute approximate surface area is 109 Å². The Kier molecular flexibility index (Phi) is 4.72. The molecule has 2 aliphatic rings. The van der Waals surface area contributed by atoms with Gasteiger partial charge in [0.2, 0.25) is 0 Å². The third-order valence-corrected chi connectivity index (χ3v) is 5.45. The molecule has 2 aliphatic carbocycles. The van der Waals surface area contributed by atoms with Gasteiger partial charge >= 0.3 is 0 Å². The monoisotopic (exact) mass is 252 g/mol. The average molecular weight is 252 g/mol. The summed E-state index contributed by atoms with van der Waals surface area (Å²) < 4.78 is 0. The second-order valence-electron chi connectivity index (χ2n) is 5.55. The number of fused-ring (bicyclic) bond motifs is 1. The number of carbonyl (C=O) groups is 1. The van der Waals surface area contributed by atoms with E-state index in [0.29, 0.717) is 28.8 Å². The summed E-state index contributed by atoms with van der Waals surface area (Å²) in [6.07, 6.45) is 11.0. The SMILES string of the molecule is CCCSC(=O)[C@H]1[C@@H]2CCCC[C@H]2C=C[C@H]1C. The molecule has 1 fully saturated rings. The van der Waals surface area contributed by atoms with Crippen molar-refractivity contribution >= 4 is 16.9 Å². The van der Waals surface area contributed by atoms with Crippen LogP contribution in [-0.2, 0) is 4.79 Å². The van der Waals surface area contributed by atoms with Gasteiger partial charge < -0.3 is 0 Å². The predicted molar refractivity (Wildman–Crippen MR) is 75.0 cm³/mol. The fourth-order valence-electron chi connectivity index (χ4n) is 3.39. The van der Waals surface area contributed by atoms with Crippen molar-refractivity contribution in [3.8, 4) is 0 Å². The smallest absolute Gasteiger partial charge is 0.192 e. The van der Waals surface area contributed by atoms with Gasteiger partial charge in [0.05, 0.1) is 0 Å². The summed E-state index contributed by atoms with van der Waals surface area (Å²) in [5.74, 6) is 3.06. The molecule has 0 aliphatic heterocycles. The number of carbonyl (C=O) groups excluding carboxylic acids is 1. The molecular formula is C15H24OS. The normalized spacial score (nSPS) is 36.6. The lowest BCUT2D eigenvalue weighted by Crippen LogP contribution is -2.36. The first kappa shape index (κ1) is 13.2. The molecule has 2 rings (SSSR count). The van der Waals surface area contributed by atoms with Crippen molar-refractivity contribution in [2.75, 3.05) is 5.75 Å². The largest absolute Gasteiger partial charge is 0.287 e. The van der Waals surface area contributed by atoms with Gasteiger partial charge in [0.15, 0.2) is 5.12 Å². The minimum atomic E-state index is 0.293. The fraction of sp³-hybridized carbons (Fsp3) is 0.800. The Bertz CT molecular complexity index is 297. The van der Waals surface area contributed by atoms with Crippen LogP contribution in [0.3, 0.4) is 0 Å². The van der Waals surface area contributed by atoms with Crippen molar-refractivity contribution in [2.24, 2.45) is 23.7 Å². The van der Waals surface area contributed by atoms with Gasteiger partial charge in [-0.05, 0) is 37.0 Å². The lowest BCUT2D eigenvalue weighted by Gasteiger charge is -2.40. The highest BCUT2D eigenvalue weighted by Crippen LogP contribution is 2.44. The van der Waals surface area contributed by atoms with Gasteiger partial charge in [0.1, 0.15) is 0 Å². The van der Waals surface area contributed by atoms with E-state index >= 15 is 0 Å². The Morgan fingerprint density at radius 3 is 2.82 bits per heavy atom. The van der Waals surface area contributed by atoms with Crippen LogP contribution in [0.5, 0.6) is 0 Å². The van der Waals surface area contributed by atoms with Gasteiger partial charge in [-0.3, -0.25) is 4.79 Å². The van der Waals surface area contributed by atoms with Gasteiger partial charge in [-0.1, -0.05) is 50.6 Å². The topological polar surface area (TPSA) is 17.1 Å². The zero-order valence-corrected chi connectivity index (χ0v) is 11.8. The van der Waals surface area contributed by atoms with Crippen molar-refractivity contribution in [1.82, 2.24) is 0 Å². The minimum Gasteiger partial charge on any atom is -0.287 e. The lowest BCUT2D eigenvalue weighted by atomic mass is 9.66. The summed E-state index contributed by atoms with van der Waals surface area (Å²) in [7, 11) is 0. The Morgan fingerprint density at radius 1 is 1.29 bits per heavy atom. The Balaban J connectivity index is 2.07. The first-order valence-electron chi connectivity index (χ1n) is 7.09. The fourth-order valence-corrected chi connectivity index (χ4v) is 4.38. The third-order valence-electron chi connectivity index (χ3n) is 4.29. The van der Waals surface area contributed by atoms with Crippen LogP contribution in [-0.4, -0.2) is 10.9 Å². The van der Waals surface area contributed by atoms with Crippen LogP contribution in [0.2, 0.25) is 0 Å². The average Bonchev–Trinajstić information content (AvgIpc) is 2.35. The van der Waals surface area contributed by atoms with Crippen molar-refractivity contribution in [3.05, 3.63) is 12.2 Å². The van der Waals surface area contributed by atoms with E-state index in [9.17, 15) is 4.79 Å². The van der Waals surface area contributed by atoms with E-state index in [0.717, 1.165) is 12.2 Å². The van der Waals surface area contributed by atoms with E-state index in [1.165, 1.54) is 25.7 Å². The first-order valence-corrected chi connectivity index (χ1v) is 8.07. The summed E-state index contributed by atoms with van der Waals surface area (Å²) in [6.45, 7) is 4.37. The van der Waals surface area contributed by atoms with Crippen LogP contribution >= 0.6 is 11.8 Å². The molecule has 17 heavy (non-hydrogen) atoms. The molecule has 0 aromatic carbocycles. The zero-order valence-electron chi connectivity index (χ0n) is 11.0. The quantitative estimate of drug-likeness (QED) is 0.697. The second kappa shape index (κ2) is 6.08. The lowest BCUT2D eigenvalue weighted by molar-refractivity contribution is -0.118. The summed E-state index contributed by atoms with van der Waals surface area (Å²) in [4.78, 5) is 12.4. The number of hydrogen-bond acceptors (Lipinski definition) is 2. The Morgan fingerprint density at radius 2 is 2.06 bits per heavy atom. The molecule has 0 heterocycles. The highest BCUT2D eigenvalue weighted by molar-refractivity contribution is 8.13. The van der Waals surface area contributed by atoms with Gasteiger partial charge in [0, 0.05) is 11.7 Å². The van der Waals surface area contributed by atoms with E-state index in [2.05, 4.69) is 26.0 Å². The molecule has 2 heteroatoms. The van der Waals surface area contributed by atoms with Crippen molar-refractivity contribution in [1.29, 1.82) is 0 Å². The maximum absolute atomic E-state index is 12.4. The summed E-state index contributed by atoms with van der Waals surface area (Å²) >= 11 is 1.57. The molecule has 0 N–H and O–H groups in total. The van der Waals surface area contributed by atoms with Crippen molar-refractivity contribution < 1.29 is 4.79 Å². The van der Waals surface area contributed by atoms with Gasteiger partial charge in [-0.15, -0.1) is 0 Å². The number of hydrogen-bond donors (Lipinski definition) is 0. The third kappa shape index (κ3) is 2.96. The molecule has 0 unspecified atom stereocenters. The molecule has 0 aromatic heterocycles. The zero-order chi connectivity index (χ0) is 12.3. The molecule has 1 saturated carbocycles. The first-order chi connectivity index (χ1) is 8.24. The van der Waals surface area contributed by atoms with E-state index in [4.69, 9.17) is 0 Å². The van der Waals surface area contributed by atoms with Crippen LogP contribution in [0.4, 0.5) is 0 Å². The highest BCUT2D eigenvalue weighted by atomic mass is 32.2. The molecular weight excluding hydrogens is 228 g/mol. The maximum atomic E-state index is 12.4. The predicted octanol–water partition coefficient (Wildman–Crippen LogP) is 4.28. The number of thioether (sulfide) groups is 1. The summed E-state index contributed by atoms with van der Waals surface area (Å²) in [5, 5.41) is 0.459. The van der Waals surface area contributed by atoms with Crippen LogP contribution in [0.25, 0.3) is 0 Å². The summed E-state index contributed by atoms with van der Waals surface area (Å²) in [6, 6.07) is 0. The van der Waals surface area contributed by atoms with E-state index < -0.39 is 0 Å². The van der Waals surface area contributed by atoms with Crippen LogP contribution in [0, 0.1) is 23.7 Å². The van der Waals surface area contributed by atoms with E-state index in [-0.39, 0.29) is 0 Å². The van der Waals surface area contributed by atoms with E-state index in [1.807, 2.05) is 0 Å². The minimum absolute atomic E-state index is 0.293. The molecule has 1 nitrogen and oxygen atoms in total. The number of allylic oxidation sites excluding steroid dienone is 2. The maximum Gasteiger partial charge on any atom is 0.192 e. The summed E-state index contributed by atoms with van der Waals surface area (Å²) in [5.41, 5.74) is 0. The van der Waals surface area contributed by atoms with Crippen LogP contribution in [0.1, 0.15) is 46.0 Å². The Hall–Kier alpha value is -0.240. The molecule has 0 amide bonds.